The quantitative estimate of drug-likeness (QED) is 0.631. The van der Waals surface area contributed by atoms with E-state index < -0.39 is 6.04 Å². The molecule has 3 N–H and O–H groups in total. The minimum Gasteiger partial charge on any atom is -0.368 e. The highest BCUT2D eigenvalue weighted by atomic mass is 16.2. The molecule has 3 amide bonds. The summed E-state index contributed by atoms with van der Waals surface area (Å²) in [5.41, 5.74) is 5.35. The van der Waals surface area contributed by atoms with Crippen molar-refractivity contribution < 1.29 is 9.59 Å². The molecule has 6 heteroatoms. The summed E-state index contributed by atoms with van der Waals surface area (Å²) in [6.07, 6.45) is 1.82. The Bertz CT molecular complexity index is 307. The number of hydrogen-bond donors (Lipinski definition) is 2. The maximum atomic E-state index is 11.8. The van der Waals surface area contributed by atoms with Crippen LogP contribution in [0.15, 0.2) is 0 Å². The van der Waals surface area contributed by atoms with Crippen molar-refractivity contribution in [1.82, 2.24) is 15.1 Å². The fourth-order valence-corrected chi connectivity index (χ4v) is 2.47. The largest absolute Gasteiger partial charge is 0.368 e. The van der Waals surface area contributed by atoms with Gasteiger partial charge in [-0.1, -0.05) is 0 Å². The predicted molar refractivity (Wildman–Crippen MR) is 58.7 cm³/mol. The van der Waals surface area contributed by atoms with E-state index in [1.807, 2.05) is 0 Å². The first-order chi connectivity index (χ1) is 7.61. The summed E-state index contributed by atoms with van der Waals surface area (Å²) in [4.78, 5) is 26.6. The van der Waals surface area contributed by atoms with E-state index in [0.717, 1.165) is 25.9 Å². The average Bonchev–Trinajstić information content (AvgIpc) is 2.60. The fourth-order valence-electron chi connectivity index (χ4n) is 2.47. The van der Waals surface area contributed by atoms with E-state index in [2.05, 4.69) is 5.32 Å². The molecule has 2 fully saturated rings. The van der Waals surface area contributed by atoms with Crippen LogP contribution in [0.4, 0.5) is 4.79 Å². The zero-order valence-electron chi connectivity index (χ0n) is 9.48. The summed E-state index contributed by atoms with van der Waals surface area (Å²) in [6, 6.07) is -0.479. The number of hydrogen-bond acceptors (Lipinski definition) is 3. The summed E-state index contributed by atoms with van der Waals surface area (Å²) < 4.78 is 0. The number of nitrogens with one attached hydrogen (secondary N) is 1. The van der Waals surface area contributed by atoms with Crippen LogP contribution in [0.1, 0.15) is 12.8 Å². The number of carbonyl (C=O) groups is 2. The lowest BCUT2D eigenvalue weighted by molar-refractivity contribution is -0.121. The van der Waals surface area contributed by atoms with E-state index >= 15 is 0 Å². The standard InChI is InChI=1S/C10H18N4O2/c1-13-5-6-14(10(13)16)7-3-2-4-12-8(7)9(11)15/h7-8,12H,2-6H2,1H3,(H2,11,15)/t7?,8-/m1/s1. The van der Waals surface area contributed by atoms with Gasteiger partial charge in [-0.15, -0.1) is 0 Å². The lowest BCUT2D eigenvalue weighted by atomic mass is 9.96. The first-order valence-corrected chi connectivity index (χ1v) is 5.65. The summed E-state index contributed by atoms with van der Waals surface area (Å²) in [6.45, 7) is 2.20. The van der Waals surface area contributed by atoms with Crippen LogP contribution >= 0.6 is 0 Å². The third-order valence-electron chi connectivity index (χ3n) is 3.38. The monoisotopic (exact) mass is 226 g/mol. The van der Waals surface area contributed by atoms with E-state index in [9.17, 15) is 9.59 Å². The highest BCUT2D eigenvalue weighted by molar-refractivity contribution is 5.83. The van der Waals surface area contributed by atoms with Gasteiger partial charge in [0.15, 0.2) is 0 Å². The molecule has 2 atom stereocenters. The molecule has 16 heavy (non-hydrogen) atoms. The second kappa shape index (κ2) is 4.29. The van der Waals surface area contributed by atoms with E-state index in [-0.39, 0.29) is 18.0 Å². The number of amides is 3. The minimum absolute atomic E-state index is 0.0000463. The third-order valence-corrected chi connectivity index (χ3v) is 3.38. The van der Waals surface area contributed by atoms with E-state index in [1.165, 1.54) is 0 Å². The molecule has 0 saturated carbocycles. The number of nitrogens with zero attached hydrogens (tertiary/aromatic N) is 2. The van der Waals surface area contributed by atoms with Crippen molar-refractivity contribution in [2.45, 2.75) is 24.9 Å². The maximum absolute atomic E-state index is 11.8. The van der Waals surface area contributed by atoms with Crippen LogP contribution in [-0.2, 0) is 4.79 Å². The smallest absolute Gasteiger partial charge is 0.320 e. The predicted octanol–water partition coefficient (Wildman–Crippen LogP) is -1.04. The van der Waals surface area contributed by atoms with Gasteiger partial charge >= 0.3 is 6.03 Å². The Morgan fingerprint density at radius 2 is 2.25 bits per heavy atom. The third kappa shape index (κ3) is 1.84. The topological polar surface area (TPSA) is 78.7 Å². The number of rotatable bonds is 2. The van der Waals surface area contributed by atoms with Gasteiger partial charge in [0.25, 0.3) is 0 Å². The van der Waals surface area contributed by atoms with Crippen molar-refractivity contribution in [2.24, 2.45) is 5.73 Å². The van der Waals surface area contributed by atoms with Crippen molar-refractivity contribution in [3.8, 4) is 0 Å². The normalized spacial score (nSPS) is 30.9. The van der Waals surface area contributed by atoms with Gasteiger partial charge in [-0.3, -0.25) is 4.79 Å². The lowest BCUT2D eigenvalue weighted by Gasteiger charge is -2.36. The Kier molecular flexibility index (Phi) is 3.00. The fraction of sp³-hybridized carbons (Fsp3) is 0.800. The van der Waals surface area contributed by atoms with Gasteiger partial charge < -0.3 is 20.9 Å². The minimum atomic E-state index is -0.399. The number of piperidine rings is 1. The maximum Gasteiger partial charge on any atom is 0.320 e. The Morgan fingerprint density at radius 3 is 2.81 bits per heavy atom. The molecule has 0 aromatic rings. The molecule has 0 bridgehead atoms. The van der Waals surface area contributed by atoms with Gasteiger partial charge in [0.05, 0.1) is 6.04 Å². The van der Waals surface area contributed by atoms with Gasteiger partial charge in [0, 0.05) is 20.1 Å². The van der Waals surface area contributed by atoms with Gasteiger partial charge in [-0.25, -0.2) is 4.79 Å². The Hall–Kier alpha value is -1.30. The Morgan fingerprint density at radius 1 is 1.50 bits per heavy atom. The van der Waals surface area contributed by atoms with Crippen molar-refractivity contribution >= 4 is 11.9 Å². The van der Waals surface area contributed by atoms with Gasteiger partial charge in [0.1, 0.15) is 6.04 Å². The van der Waals surface area contributed by atoms with Crippen LogP contribution in [-0.4, -0.2) is 60.5 Å². The molecule has 2 saturated heterocycles. The molecule has 90 valence electrons. The van der Waals surface area contributed by atoms with Crippen LogP contribution in [0.5, 0.6) is 0 Å². The molecule has 2 rings (SSSR count). The van der Waals surface area contributed by atoms with Crippen LogP contribution in [0, 0.1) is 0 Å². The molecule has 0 aromatic heterocycles. The van der Waals surface area contributed by atoms with Crippen molar-refractivity contribution in [3.63, 3.8) is 0 Å². The molecule has 0 spiro atoms. The highest BCUT2D eigenvalue weighted by Crippen LogP contribution is 2.20. The van der Waals surface area contributed by atoms with E-state index in [0.29, 0.717) is 6.54 Å². The zero-order valence-corrected chi connectivity index (χ0v) is 9.48. The summed E-state index contributed by atoms with van der Waals surface area (Å²) in [5, 5.41) is 3.09. The second-order valence-electron chi connectivity index (χ2n) is 4.44. The number of nitrogens with two attached hydrogens (primary N) is 1. The molecule has 0 aliphatic carbocycles. The number of likely N-dealkylation sites (N-methyl/N-ethyl adjacent to an activating group) is 1. The summed E-state index contributed by atoms with van der Waals surface area (Å²) in [7, 11) is 1.78. The molecule has 1 unspecified atom stereocenters. The molecular formula is C10H18N4O2. The molecule has 2 aliphatic rings. The highest BCUT2D eigenvalue weighted by Gasteiger charge is 2.39. The molecule has 2 heterocycles. The Balaban J connectivity index is 2.11. The number of primary amides is 1. The molecular weight excluding hydrogens is 208 g/mol. The molecule has 0 radical (unpaired) electrons. The molecule has 0 aromatic carbocycles. The first kappa shape index (κ1) is 11.2. The van der Waals surface area contributed by atoms with Crippen LogP contribution in [0.25, 0.3) is 0 Å². The van der Waals surface area contributed by atoms with Crippen molar-refractivity contribution in [1.29, 1.82) is 0 Å². The average molecular weight is 226 g/mol. The van der Waals surface area contributed by atoms with Gasteiger partial charge in [-0.05, 0) is 19.4 Å². The van der Waals surface area contributed by atoms with Crippen LogP contribution < -0.4 is 11.1 Å². The van der Waals surface area contributed by atoms with Crippen LogP contribution in [0.2, 0.25) is 0 Å². The summed E-state index contributed by atoms with van der Waals surface area (Å²) in [5.74, 6) is -0.368. The second-order valence-corrected chi connectivity index (χ2v) is 4.44. The lowest BCUT2D eigenvalue weighted by Crippen LogP contribution is -2.59. The van der Waals surface area contributed by atoms with Gasteiger partial charge in [0.2, 0.25) is 5.91 Å². The zero-order chi connectivity index (χ0) is 11.7. The van der Waals surface area contributed by atoms with Gasteiger partial charge in [-0.2, -0.15) is 0 Å². The molecule has 6 nitrogen and oxygen atoms in total. The van der Waals surface area contributed by atoms with Crippen molar-refractivity contribution in [3.05, 3.63) is 0 Å². The molecule has 2 aliphatic heterocycles. The number of urea groups is 1. The van der Waals surface area contributed by atoms with E-state index in [4.69, 9.17) is 5.73 Å². The van der Waals surface area contributed by atoms with E-state index in [1.54, 1.807) is 16.8 Å². The van der Waals surface area contributed by atoms with Crippen LogP contribution in [0.3, 0.4) is 0 Å². The summed E-state index contributed by atoms with van der Waals surface area (Å²) >= 11 is 0. The Labute approximate surface area is 94.7 Å². The first-order valence-electron chi connectivity index (χ1n) is 5.65. The SMILES string of the molecule is CN1CCN(C2CCCN[C@H]2C(N)=O)C1=O. The van der Waals surface area contributed by atoms with Crippen molar-refractivity contribution in [2.75, 3.05) is 26.7 Å². The number of carbonyl (C=O) groups excluding carboxylic acids is 2.